The summed E-state index contributed by atoms with van der Waals surface area (Å²) in [5.41, 5.74) is 0. The first-order valence-corrected chi connectivity index (χ1v) is 6.07. The van der Waals surface area contributed by atoms with Crippen molar-refractivity contribution in [3.05, 3.63) is 12.7 Å². The van der Waals surface area contributed by atoms with Crippen LogP contribution in [-0.2, 0) is 4.79 Å². The van der Waals surface area contributed by atoms with Crippen LogP contribution in [0.2, 0.25) is 0 Å². The zero-order valence-electron chi connectivity index (χ0n) is 9.45. The fourth-order valence-electron chi connectivity index (χ4n) is 2.42. The molecule has 1 aliphatic rings. The van der Waals surface area contributed by atoms with Gasteiger partial charge in [-0.15, -0.1) is 6.58 Å². The Hall–Kier alpha value is -0.790. The van der Waals surface area contributed by atoms with Crippen LogP contribution in [0.3, 0.4) is 0 Å². The van der Waals surface area contributed by atoms with Gasteiger partial charge in [0.15, 0.2) is 0 Å². The highest BCUT2D eigenvalue weighted by Crippen LogP contribution is 2.31. The van der Waals surface area contributed by atoms with E-state index in [1.807, 2.05) is 6.08 Å². The summed E-state index contributed by atoms with van der Waals surface area (Å²) in [6, 6.07) is 0. The molecule has 0 heterocycles. The molecule has 1 saturated carbocycles. The van der Waals surface area contributed by atoms with Crippen LogP contribution in [0.15, 0.2) is 12.7 Å². The van der Waals surface area contributed by atoms with Gasteiger partial charge in [-0.2, -0.15) is 0 Å². The SMILES string of the molecule is C=CCCCCC1CCC(C(=O)O)CC1. The number of carboxylic acid groups (broad SMARTS) is 1. The van der Waals surface area contributed by atoms with E-state index in [0.717, 1.165) is 38.0 Å². The van der Waals surface area contributed by atoms with Crippen molar-refractivity contribution >= 4 is 5.97 Å². The average Bonchev–Trinajstić information content (AvgIpc) is 2.25. The number of hydrogen-bond acceptors (Lipinski definition) is 1. The lowest BCUT2D eigenvalue weighted by Gasteiger charge is -2.25. The molecule has 1 aliphatic carbocycles. The van der Waals surface area contributed by atoms with Gasteiger partial charge in [-0.25, -0.2) is 0 Å². The van der Waals surface area contributed by atoms with Crippen LogP contribution < -0.4 is 0 Å². The molecule has 2 nitrogen and oxygen atoms in total. The molecule has 0 atom stereocenters. The fourth-order valence-corrected chi connectivity index (χ4v) is 2.42. The lowest BCUT2D eigenvalue weighted by molar-refractivity contribution is -0.143. The van der Waals surface area contributed by atoms with Gasteiger partial charge in [0.2, 0.25) is 0 Å². The molecule has 0 saturated heterocycles. The highest BCUT2D eigenvalue weighted by molar-refractivity contribution is 5.69. The second-order valence-corrected chi connectivity index (χ2v) is 4.63. The molecule has 0 aromatic heterocycles. The maximum atomic E-state index is 10.7. The van der Waals surface area contributed by atoms with Crippen LogP contribution in [0.4, 0.5) is 0 Å². The molecule has 15 heavy (non-hydrogen) atoms. The third-order valence-electron chi connectivity index (χ3n) is 3.47. The number of unbranched alkanes of at least 4 members (excludes halogenated alkanes) is 2. The summed E-state index contributed by atoms with van der Waals surface area (Å²) in [5.74, 6) is 0.125. The first-order chi connectivity index (χ1) is 7.24. The summed E-state index contributed by atoms with van der Waals surface area (Å²) < 4.78 is 0. The predicted octanol–water partition coefficient (Wildman–Crippen LogP) is 3.62. The topological polar surface area (TPSA) is 37.3 Å². The summed E-state index contributed by atoms with van der Waals surface area (Å²) in [6.45, 7) is 3.71. The highest BCUT2D eigenvalue weighted by Gasteiger charge is 2.25. The molecule has 0 aliphatic heterocycles. The van der Waals surface area contributed by atoms with Crippen LogP contribution in [-0.4, -0.2) is 11.1 Å². The van der Waals surface area contributed by atoms with E-state index in [-0.39, 0.29) is 5.92 Å². The molecule has 86 valence electrons. The van der Waals surface area contributed by atoms with Crippen molar-refractivity contribution in [3.63, 3.8) is 0 Å². The maximum Gasteiger partial charge on any atom is 0.306 e. The van der Waals surface area contributed by atoms with Crippen LogP contribution in [0.5, 0.6) is 0 Å². The van der Waals surface area contributed by atoms with Gasteiger partial charge in [-0.05, 0) is 44.4 Å². The van der Waals surface area contributed by atoms with Gasteiger partial charge < -0.3 is 5.11 Å². The first-order valence-electron chi connectivity index (χ1n) is 6.07. The Kier molecular flexibility index (Phi) is 5.44. The summed E-state index contributed by atoms with van der Waals surface area (Å²) in [5, 5.41) is 8.86. The van der Waals surface area contributed by atoms with Gasteiger partial charge in [0, 0.05) is 0 Å². The second kappa shape index (κ2) is 6.65. The van der Waals surface area contributed by atoms with E-state index in [2.05, 4.69) is 6.58 Å². The quantitative estimate of drug-likeness (QED) is 0.537. The first kappa shape index (κ1) is 12.3. The van der Waals surface area contributed by atoms with Crippen molar-refractivity contribution < 1.29 is 9.90 Å². The average molecular weight is 210 g/mol. The molecule has 0 aromatic carbocycles. The summed E-state index contributed by atoms with van der Waals surface area (Å²) in [7, 11) is 0. The monoisotopic (exact) mass is 210 g/mol. The van der Waals surface area contributed by atoms with Gasteiger partial charge in [0.05, 0.1) is 5.92 Å². The van der Waals surface area contributed by atoms with E-state index in [1.165, 1.54) is 19.3 Å². The van der Waals surface area contributed by atoms with E-state index >= 15 is 0 Å². The summed E-state index contributed by atoms with van der Waals surface area (Å²) in [4.78, 5) is 10.7. The Morgan fingerprint density at radius 1 is 1.27 bits per heavy atom. The number of allylic oxidation sites excluding steroid dienone is 1. The van der Waals surface area contributed by atoms with E-state index in [0.29, 0.717) is 0 Å². The van der Waals surface area contributed by atoms with E-state index in [1.54, 1.807) is 0 Å². The van der Waals surface area contributed by atoms with Gasteiger partial charge in [0.1, 0.15) is 0 Å². The third kappa shape index (κ3) is 4.50. The largest absolute Gasteiger partial charge is 0.481 e. The Labute approximate surface area is 92.4 Å². The van der Waals surface area contributed by atoms with E-state index in [9.17, 15) is 4.79 Å². The Morgan fingerprint density at radius 3 is 2.47 bits per heavy atom. The van der Waals surface area contributed by atoms with Gasteiger partial charge in [0.25, 0.3) is 0 Å². The van der Waals surface area contributed by atoms with E-state index < -0.39 is 5.97 Å². The van der Waals surface area contributed by atoms with Gasteiger partial charge in [-0.1, -0.05) is 18.9 Å². The molecular formula is C13H22O2. The smallest absolute Gasteiger partial charge is 0.306 e. The van der Waals surface area contributed by atoms with Crippen molar-refractivity contribution in [2.24, 2.45) is 11.8 Å². The second-order valence-electron chi connectivity index (χ2n) is 4.63. The molecule has 0 unspecified atom stereocenters. The molecule has 0 radical (unpaired) electrons. The van der Waals surface area contributed by atoms with Crippen molar-refractivity contribution in [1.29, 1.82) is 0 Å². The van der Waals surface area contributed by atoms with Crippen molar-refractivity contribution in [3.8, 4) is 0 Å². The number of carbonyl (C=O) groups is 1. The van der Waals surface area contributed by atoms with Crippen molar-refractivity contribution in [1.82, 2.24) is 0 Å². The van der Waals surface area contributed by atoms with Crippen LogP contribution in [0, 0.1) is 11.8 Å². The molecule has 1 fully saturated rings. The molecule has 1 rings (SSSR count). The minimum absolute atomic E-state index is 0.0607. The maximum absolute atomic E-state index is 10.7. The number of aliphatic carboxylic acids is 1. The van der Waals surface area contributed by atoms with E-state index in [4.69, 9.17) is 5.11 Å². The molecular weight excluding hydrogens is 188 g/mol. The zero-order valence-corrected chi connectivity index (χ0v) is 9.45. The Bertz CT molecular complexity index is 203. The molecule has 2 heteroatoms. The van der Waals surface area contributed by atoms with Gasteiger partial charge in [-0.3, -0.25) is 4.79 Å². The Morgan fingerprint density at radius 2 is 1.93 bits per heavy atom. The molecule has 0 bridgehead atoms. The predicted molar refractivity (Wildman–Crippen MR) is 61.7 cm³/mol. The fraction of sp³-hybridized carbons (Fsp3) is 0.769. The molecule has 1 N–H and O–H groups in total. The number of rotatable bonds is 6. The minimum atomic E-state index is -0.597. The Balaban J connectivity index is 2.09. The molecule has 0 amide bonds. The molecule has 0 spiro atoms. The highest BCUT2D eigenvalue weighted by atomic mass is 16.4. The van der Waals surface area contributed by atoms with Crippen molar-refractivity contribution in [2.45, 2.75) is 51.4 Å². The lowest BCUT2D eigenvalue weighted by atomic mass is 9.80. The number of hydrogen-bond donors (Lipinski definition) is 1. The van der Waals surface area contributed by atoms with Gasteiger partial charge >= 0.3 is 5.97 Å². The normalized spacial score (nSPS) is 26.1. The summed E-state index contributed by atoms with van der Waals surface area (Å²) in [6.07, 6.45) is 10.9. The molecule has 0 aromatic rings. The third-order valence-corrected chi connectivity index (χ3v) is 3.47. The minimum Gasteiger partial charge on any atom is -0.481 e. The number of carboxylic acids is 1. The lowest BCUT2D eigenvalue weighted by Crippen LogP contribution is -2.21. The van der Waals surface area contributed by atoms with Crippen molar-refractivity contribution in [2.75, 3.05) is 0 Å². The summed E-state index contributed by atoms with van der Waals surface area (Å²) >= 11 is 0. The van der Waals surface area contributed by atoms with Crippen LogP contribution in [0.25, 0.3) is 0 Å². The van der Waals surface area contributed by atoms with Crippen LogP contribution >= 0.6 is 0 Å². The zero-order chi connectivity index (χ0) is 11.1. The standard InChI is InChI=1S/C13H22O2/c1-2-3-4-5-6-11-7-9-12(10-8-11)13(14)15/h2,11-12H,1,3-10H2,(H,14,15). The van der Waals surface area contributed by atoms with Crippen LogP contribution in [0.1, 0.15) is 51.4 Å².